The van der Waals surface area contributed by atoms with E-state index in [1.54, 1.807) is 20.8 Å². The maximum Gasteiger partial charge on any atom is 0.308 e. The van der Waals surface area contributed by atoms with Gasteiger partial charge in [-0.2, -0.15) is 0 Å². The van der Waals surface area contributed by atoms with Gasteiger partial charge in [-0.15, -0.1) is 11.3 Å². The van der Waals surface area contributed by atoms with E-state index < -0.39 is 21.1 Å². The summed E-state index contributed by atoms with van der Waals surface area (Å²) < 4.78 is 23.6. The Morgan fingerprint density at radius 1 is 1.50 bits per heavy atom. The van der Waals surface area contributed by atoms with Crippen molar-refractivity contribution >= 4 is 27.1 Å². The van der Waals surface area contributed by atoms with E-state index >= 15 is 0 Å². The second-order valence-corrected chi connectivity index (χ2v) is 7.41. The van der Waals surface area contributed by atoms with Crippen molar-refractivity contribution in [2.24, 2.45) is 0 Å². The summed E-state index contributed by atoms with van der Waals surface area (Å²) in [6.07, 6.45) is -0.183. The Hall–Kier alpha value is -0.950. The number of nitrogens with zero attached hydrogens (tertiary/aromatic N) is 1. The third kappa shape index (κ3) is 2.59. The lowest BCUT2D eigenvalue weighted by Gasteiger charge is -2.02. The lowest BCUT2D eigenvalue weighted by Crippen LogP contribution is -2.13. The van der Waals surface area contributed by atoms with Crippen LogP contribution in [-0.4, -0.2) is 29.7 Å². The van der Waals surface area contributed by atoms with Gasteiger partial charge >= 0.3 is 5.97 Å². The number of carboxylic acids is 1. The first-order chi connectivity index (χ1) is 7.25. The Balaban J connectivity index is 3.16. The summed E-state index contributed by atoms with van der Waals surface area (Å²) in [5, 5.41) is 8.10. The highest BCUT2D eigenvalue weighted by Gasteiger charge is 2.25. The molecule has 90 valence electrons. The zero-order chi connectivity index (χ0) is 12.5. The van der Waals surface area contributed by atoms with Gasteiger partial charge in [0.05, 0.1) is 17.4 Å². The average Bonchev–Trinajstić information content (AvgIpc) is 2.47. The van der Waals surface area contributed by atoms with Crippen molar-refractivity contribution < 1.29 is 18.3 Å². The van der Waals surface area contributed by atoms with Crippen LogP contribution in [-0.2, 0) is 21.1 Å². The average molecular weight is 263 g/mol. The number of carboxylic acid groups (broad SMARTS) is 1. The quantitative estimate of drug-likeness (QED) is 0.884. The highest BCUT2D eigenvalue weighted by atomic mass is 32.2. The lowest BCUT2D eigenvalue weighted by atomic mass is 10.3. The molecular weight excluding hydrogens is 250 g/mol. The molecule has 1 heterocycles. The van der Waals surface area contributed by atoms with Gasteiger partial charge in [0.2, 0.25) is 14.2 Å². The van der Waals surface area contributed by atoms with Crippen LogP contribution in [0.1, 0.15) is 24.4 Å². The molecule has 0 aliphatic rings. The molecule has 0 amide bonds. The van der Waals surface area contributed by atoms with Crippen LogP contribution in [0.3, 0.4) is 0 Å². The van der Waals surface area contributed by atoms with Crippen LogP contribution in [0, 0.1) is 6.92 Å². The Morgan fingerprint density at radius 2 is 2.06 bits per heavy atom. The molecule has 0 saturated carbocycles. The van der Waals surface area contributed by atoms with Gasteiger partial charge in [-0.05, 0) is 20.8 Å². The van der Waals surface area contributed by atoms with Gasteiger partial charge in [0.1, 0.15) is 0 Å². The zero-order valence-corrected chi connectivity index (χ0v) is 10.9. The van der Waals surface area contributed by atoms with Crippen LogP contribution in [0.5, 0.6) is 0 Å². The molecule has 0 aliphatic heterocycles. The lowest BCUT2D eigenvalue weighted by molar-refractivity contribution is -0.136. The Kier molecular flexibility index (Phi) is 3.69. The molecule has 0 aromatic carbocycles. The first-order valence-electron chi connectivity index (χ1n) is 4.67. The topological polar surface area (TPSA) is 84.3 Å². The number of aliphatic carboxylic acids is 1. The van der Waals surface area contributed by atoms with E-state index in [-0.39, 0.29) is 10.8 Å². The van der Waals surface area contributed by atoms with Crippen LogP contribution >= 0.6 is 11.3 Å². The van der Waals surface area contributed by atoms with E-state index in [1.807, 2.05) is 0 Å². The number of thiazole rings is 1. The summed E-state index contributed by atoms with van der Waals surface area (Å²) in [5.74, 6) is -0.986. The van der Waals surface area contributed by atoms with Crippen molar-refractivity contribution in [1.29, 1.82) is 0 Å². The van der Waals surface area contributed by atoms with Gasteiger partial charge in [0.15, 0.2) is 0 Å². The van der Waals surface area contributed by atoms with Gasteiger partial charge < -0.3 is 5.11 Å². The molecule has 7 heteroatoms. The number of carbonyl (C=O) groups is 1. The second-order valence-electron chi connectivity index (χ2n) is 3.65. The smallest absolute Gasteiger partial charge is 0.308 e. The molecule has 0 bridgehead atoms. The van der Waals surface area contributed by atoms with Crippen molar-refractivity contribution in [3.63, 3.8) is 0 Å². The number of aromatic nitrogens is 1. The van der Waals surface area contributed by atoms with Crippen molar-refractivity contribution in [1.82, 2.24) is 4.98 Å². The summed E-state index contributed by atoms with van der Waals surface area (Å²) in [6.45, 7) is 4.76. The molecule has 1 aromatic rings. The second kappa shape index (κ2) is 4.50. The Labute approximate surface area is 98.1 Å². The van der Waals surface area contributed by atoms with Gasteiger partial charge in [-0.25, -0.2) is 13.4 Å². The Bertz CT molecular complexity index is 502. The van der Waals surface area contributed by atoms with E-state index in [4.69, 9.17) is 5.11 Å². The van der Waals surface area contributed by atoms with E-state index in [0.29, 0.717) is 10.6 Å². The highest BCUT2D eigenvalue weighted by molar-refractivity contribution is 7.93. The van der Waals surface area contributed by atoms with E-state index in [9.17, 15) is 13.2 Å². The summed E-state index contributed by atoms with van der Waals surface area (Å²) in [5.41, 5.74) is 0.478. The normalized spacial score (nSPS) is 12.0. The fourth-order valence-corrected chi connectivity index (χ4v) is 3.82. The van der Waals surface area contributed by atoms with Gasteiger partial charge in [-0.1, -0.05) is 0 Å². The molecule has 0 saturated heterocycles. The maximum absolute atomic E-state index is 11.8. The Morgan fingerprint density at radius 3 is 2.50 bits per heavy atom. The molecule has 16 heavy (non-hydrogen) atoms. The van der Waals surface area contributed by atoms with E-state index in [2.05, 4.69) is 4.98 Å². The van der Waals surface area contributed by atoms with Crippen LogP contribution in [0.15, 0.2) is 4.34 Å². The predicted octanol–water partition coefficient (Wildman–Crippen LogP) is 1.26. The molecule has 5 nitrogen and oxygen atoms in total. The summed E-state index contributed by atoms with van der Waals surface area (Å²) >= 11 is 0.943. The molecule has 1 aromatic heterocycles. The number of rotatable bonds is 4. The third-order valence-corrected chi connectivity index (χ3v) is 5.77. The molecule has 0 atom stereocenters. The monoisotopic (exact) mass is 263 g/mol. The van der Waals surface area contributed by atoms with Crippen LogP contribution in [0.2, 0.25) is 0 Å². The van der Waals surface area contributed by atoms with Crippen molar-refractivity contribution in [2.75, 3.05) is 0 Å². The molecular formula is C9H13NO4S2. The molecule has 0 aliphatic carbocycles. The van der Waals surface area contributed by atoms with Crippen LogP contribution in [0.25, 0.3) is 0 Å². The predicted molar refractivity (Wildman–Crippen MR) is 60.5 cm³/mol. The zero-order valence-electron chi connectivity index (χ0n) is 9.22. The maximum atomic E-state index is 11.8. The molecule has 1 rings (SSSR count). The fraction of sp³-hybridized carbons (Fsp3) is 0.556. The number of sulfone groups is 1. The SMILES string of the molecule is Cc1nc(S(=O)(=O)C(C)C)sc1CC(=O)O. The van der Waals surface area contributed by atoms with Crippen LogP contribution in [0.4, 0.5) is 0 Å². The van der Waals surface area contributed by atoms with Gasteiger partial charge in [0.25, 0.3) is 0 Å². The summed E-state index contributed by atoms with van der Waals surface area (Å²) in [6, 6.07) is 0. The number of aryl methyl sites for hydroxylation is 1. The molecule has 1 N–H and O–H groups in total. The minimum Gasteiger partial charge on any atom is -0.481 e. The molecule has 0 unspecified atom stereocenters. The van der Waals surface area contributed by atoms with Gasteiger partial charge in [-0.3, -0.25) is 4.79 Å². The summed E-state index contributed by atoms with van der Waals surface area (Å²) in [7, 11) is -3.40. The third-order valence-electron chi connectivity index (χ3n) is 2.05. The van der Waals surface area contributed by atoms with Gasteiger partial charge in [0, 0.05) is 4.88 Å². The van der Waals surface area contributed by atoms with Crippen molar-refractivity contribution in [3.8, 4) is 0 Å². The standard InChI is InChI=1S/C9H13NO4S2/c1-5(2)16(13,14)9-10-6(3)7(15-9)4-8(11)12/h5H,4H2,1-3H3,(H,11,12). The van der Waals surface area contributed by atoms with Crippen molar-refractivity contribution in [2.45, 2.75) is 36.8 Å². The minimum absolute atomic E-state index is 0.0104. The molecule has 0 spiro atoms. The minimum atomic E-state index is -3.40. The van der Waals surface area contributed by atoms with E-state index in [1.165, 1.54) is 0 Å². The number of hydrogen-bond acceptors (Lipinski definition) is 5. The fourth-order valence-electron chi connectivity index (χ4n) is 1.03. The van der Waals surface area contributed by atoms with E-state index in [0.717, 1.165) is 11.3 Å². The highest BCUT2D eigenvalue weighted by Crippen LogP contribution is 2.25. The first-order valence-corrected chi connectivity index (χ1v) is 7.03. The molecule has 0 radical (unpaired) electrons. The van der Waals surface area contributed by atoms with Crippen LogP contribution < -0.4 is 0 Å². The first kappa shape index (κ1) is 13.1. The van der Waals surface area contributed by atoms with Crippen molar-refractivity contribution in [3.05, 3.63) is 10.6 Å². The molecule has 0 fully saturated rings. The summed E-state index contributed by atoms with van der Waals surface area (Å²) in [4.78, 5) is 15.0. The largest absolute Gasteiger partial charge is 0.481 e. The number of hydrogen-bond donors (Lipinski definition) is 1.